The summed E-state index contributed by atoms with van der Waals surface area (Å²) < 4.78 is 0. The van der Waals surface area contributed by atoms with E-state index < -0.39 is 0 Å². The van der Waals surface area contributed by atoms with Gasteiger partial charge in [0, 0.05) is 30.1 Å². The zero-order valence-electron chi connectivity index (χ0n) is 15.0. The Labute approximate surface area is 157 Å². The molecule has 2 heterocycles. The highest BCUT2D eigenvalue weighted by Gasteiger charge is 2.54. The lowest BCUT2D eigenvalue weighted by atomic mass is 9.60. The topological polar surface area (TPSA) is 90.9 Å². The first-order valence-corrected chi connectivity index (χ1v) is 9.57. The van der Waals surface area contributed by atoms with E-state index in [-0.39, 0.29) is 35.6 Å². The summed E-state index contributed by atoms with van der Waals surface area (Å²) in [5.41, 5.74) is 4.75. The molecule has 7 nitrogen and oxygen atoms in total. The number of nitrogens with one attached hydrogen (secondary N) is 2. The summed E-state index contributed by atoms with van der Waals surface area (Å²) in [6.07, 6.45) is 4.31. The van der Waals surface area contributed by atoms with Crippen LogP contribution in [0.4, 0.5) is 0 Å². The van der Waals surface area contributed by atoms with Crippen LogP contribution in [-0.2, 0) is 9.59 Å². The van der Waals surface area contributed by atoms with Crippen molar-refractivity contribution >= 4 is 23.4 Å². The lowest BCUT2D eigenvalue weighted by Gasteiger charge is -2.59. The Hall–Kier alpha value is -2.70. The smallest absolute Gasteiger partial charge is 0.270 e. The molecule has 1 saturated heterocycles. The van der Waals surface area contributed by atoms with Crippen molar-refractivity contribution in [3.8, 4) is 0 Å². The van der Waals surface area contributed by atoms with Gasteiger partial charge in [-0.25, -0.2) is 5.43 Å². The first-order valence-electron chi connectivity index (χ1n) is 9.57. The summed E-state index contributed by atoms with van der Waals surface area (Å²) in [6, 6.07) is 8.13. The maximum atomic E-state index is 12.5. The molecule has 5 rings (SSSR count). The Morgan fingerprint density at radius 1 is 1.22 bits per heavy atom. The van der Waals surface area contributed by atoms with Crippen molar-refractivity contribution < 1.29 is 14.4 Å². The summed E-state index contributed by atoms with van der Waals surface area (Å²) in [7, 11) is 0. The standard InChI is InChI=1S/C20H22N4O3/c25-17-7-16(22-23-17)19(27)24-10-20(11-24)8-15(9-20)21-18(26)14-3-1-2-13(6-14)12-4-5-12/h1-3,6,12,15H,4-5,7-11H2,(H,21,26)(H,23,25). The van der Waals surface area contributed by atoms with E-state index in [2.05, 4.69) is 21.9 Å². The third kappa shape index (κ3) is 3.01. The normalized spacial score (nSPS) is 23.3. The van der Waals surface area contributed by atoms with Crippen LogP contribution in [-0.4, -0.2) is 47.5 Å². The van der Waals surface area contributed by atoms with Crippen molar-refractivity contribution in [2.75, 3.05) is 13.1 Å². The average Bonchev–Trinajstić information content (AvgIpc) is 3.36. The van der Waals surface area contributed by atoms with Crippen LogP contribution in [0.2, 0.25) is 0 Å². The van der Waals surface area contributed by atoms with Crippen LogP contribution in [0.1, 0.15) is 53.9 Å². The van der Waals surface area contributed by atoms with Gasteiger partial charge >= 0.3 is 0 Å². The van der Waals surface area contributed by atoms with Crippen molar-refractivity contribution in [2.24, 2.45) is 10.5 Å². The highest BCUT2D eigenvalue weighted by molar-refractivity contribution is 6.43. The average molecular weight is 366 g/mol. The molecule has 4 aliphatic rings. The van der Waals surface area contributed by atoms with Gasteiger partial charge in [-0.2, -0.15) is 5.10 Å². The molecule has 2 N–H and O–H groups in total. The van der Waals surface area contributed by atoms with Gasteiger partial charge in [0.2, 0.25) is 5.91 Å². The summed E-state index contributed by atoms with van der Waals surface area (Å²) in [6.45, 7) is 1.37. The minimum atomic E-state index is -0.231. The zero-order valence-corrected chi connectivity index (χ0v) is 15.0. The van der Waals surface area contributed by atoms with Crippen LogP contribution >= 0.6 is 0 Å². The SMILES string of the molecule is O=C1CC(C(=O)N2CC3(CC(NC(=O)c4cccc(C5CC5)c4)C3)C2)=NN1. The van der Waals surface area contributed by atoms with Gasteiger partial charge in [-0.1, -0.05) is 12.1 Å². The van der Waals surface area contributed by atoms with Crippen LogP contribution < -0.4 is 10.7 Å². The Bertz CT molecular complexity index is 860. The van der Waals surface area contributed by atoms with Crippen LogP contribution in [0.15, 0.2) is 29.4 Å². The highest BCUT2D eigenvalue weighted by Crippen LogP contribution is 2.48. The molecule has 0 aromatic heterocycles. The lowest BCUT2D eigenvalue weighted by molar-refractivity contribution is -0.144. The van der Waals surface area contributed by atoms with Gasteiger partial charge in [0.1, 0.15) is 5.71 Å². The lowest BCUT2D eigenvalue weighted by Crippen LogP contribution is -2.68. The number of hydrogen-bond donors (Lipinski definition) is 2. The van der Waals surface area contributed by atoms with E-state index >= 15 is 0 Å². The predicted molar refractivity (Wildman–Crippen MR) is 98.1 cm³/mol. The molecule has 3 amide bonds. The summed E-state index contributed by atoms with van der Waals surface area (Å²) in [5.74, 6) is 0.252. The fourth-order valence-electron chi connectivity index (χ4n) is 4.54. The number of amides is 3. The number of likely N-dealkylation sites (tertiary alicyclic amines) is 1. The summed E-state index contributed by atoms with van der Waals surface area (Å²) in [4.78, 5) is 37.7. The van der Waals surface area contributed by atoms with E-state index in [1.165, 1.54) is 18.4 Å². The number of hydrazone groups is 1. The maximum absolute atomic E-state index is 12.5. The largest absolute Gasteiger partial charge is 0.349 e. The van der Waals surface area contributed by atoms with E-state index in [4.69, 9.17) is 0 Å². The van der Waals surface area contributed by atoms with Gasteiger partial charge in [0.25, 0.3) is 11.8 Å². The van der Waals surface area contributed by atoms with Crippen LogP contribution in [0.3, 0.4) is 0 Å². The van der Waals surface area contributed by atoms with Crippen LogP contribution in [0, 0.1) is 5.41 Å². The minimum Gasteiger partial charge on any atom is -0.349 e. The Kier molecular flexibility index (Phi) is 3.60. The Balaban J connectivity index is 1.11. The number of carbonyl (C=O) groups excluding carboxylic acids is 3. The second kappa shape index (κ2) is 5.90. The van der Waals surface area contributed by atoms with Crippen molar-refractivity contribution in [2.45, 2.75) is 44.1 Å². The van der Waals surface area contributed by atoms with Gasteiger partial charge in [0.05, 0.1) is 6.42 Å². The molecule has 1 spiro atoms. The fraction of sp³-hybridized carbons (Fsp3) is 0.500. The molecule has 1 aromatic carbocycles. The quantitative estimate of drug-likeness (QED) is 0.838. The van der Waals surface area contributed by atoms with Gasteiger partial charge < -0.3 is 10.2 Å². The van der Waals surface area contributed by atoms with E-state index in [0.29, 0.717) is 24.7 Å². The second-order valence-corrected chi connectivity index (χ2v) is 8.41. The van der Waals surface area contributed by atoms with Gasteiger partial charge in [-0.3, -0.25) is 14.4 Å². The van der Waals surface area contributed by atoms with Gasteiger partial charge in [-0.15, -0.1) is 0 Å². The fourth-order valence-corrected chi connectivity index (χ4v) is 4.54. The number of hydrogen-bond acceptors (Lipinski definition) is 4. The zero-order chi connectivity index (χ0) is 18.6. The molecule has 0 bridgehead atoms. The van der Waals surface area contributed by atoms with E-state index in [1.807, 2.05) is 18.2 Å². The van der Waals surface area contributed by atoms with Crippen molar-refractivity contribution in [3.05, 3.63) is 35.4 Å². The third-order valence-corrected chi connectivity index (χ3v) is 6.12. The molecule has 0 atom stereocenters. The molecule has 0 unspecified atom stereocenters. The number of nitrogens with zero attached hydrogens (tertiary/aromatic N) is 2. The molecule has 27 heavy (non-hydrogen) atoms. The van der Waals surface area contributed by atoms with Gasteiger partial charge in [-0.05, 0) is 49.3 Å². The highest BCUT2D eigenvalue weighted by atomic mass is 16.2. The Morgan fingerprint density at radius 3 is 2.67 bits per heavy atom. The molecule has 2 saturated carbocycles. The van der Waals surface area contributed by atoms with Crippen LogP contribution in [0.5, 0.6) is 0 Å². The second-order valence-electron chi connectivity index (χ2n) is 8.41. The molecule has 2 aliphatic carbocycles. The molecule has 2 aliphatic heterocycles. The van der Waals surface area contributed by atoms with E-state index in [1.54, 1.807) is 4.90 Å². The van der Waals surface area contributed by atoms with Crippen molar-refractivity contribution in [1.82, 2.24) is 15.6 Å². The maximum Gasteiger partial charge on any atom is 0.270 e. The Morgan fingerprint density at radius 2 is 2.00 bits per heavy atom. The van der Waals surface area contributed by atoms with Crippen molar-refractivity contribution in [1.29, 1.82) is 0 Å². The molecular weight excluding hydrogens is 344 g/mol. The molecule has 7 heteroatoms. The van der Waals surface area contributed by atoms with Crippen molar-refractivity contribution in [3.63, 3.8) is 0 Å². The van der Waals surface area contributed by atoms with E-state index in [0.717, 1.165) is 18.4 Å². The molecule has 0 radical (unpaired) electrons. The summed E-state index contributed by atoms with van der Waals surface area (Å²) in [5, 5.41) is 6.92. The minimum absolute atomic E-state index is 0.00509. The predicted octanol–water partition coefficient (Wildman–Crippen LogP) is 1.16. The molecule has 3 fully saturated rings. The monoisotopic (exact) mass is 366 g/mol. The van der Waals surface area contributed by atoms with Crippen LogP contribution in [0.25, 0.3) is 0 Å². The number of rotatable bonds is 4. The van der Waals surface area contributed by atoms with E-state index in [9.17, 15) is 14.4 Å². The number of benzene rings is 1. The first-order chi connectivity index (χ1) is 13.0. The molecule has 1 aromatic rings. The molecular formula is C20H22N4O3. The van der Waals surface area contributed by atoms with Gasteiger partial charge in [0.15, 0.2) is 0 Å². The third-order valence-electron chi connectivity index (χ3n) is 6.12. The molecule has 140 valence electrons. The summed E-state index contributed by atoms with van der Waals surface area (Å²) >= 11 is 0. The first kappa shape index (κ1) is 16.5. The number of carbonyl (C=O) groups is 3.